The highest BCUT2D eigenvalue weighted by Gasteiger charge is 2.48. The fourth-order valence-corrected chi connectivity index (χ4v) is 3.67. The first kappa shape index (κ1) is 18.5. The van der Waals surface area contributed by atoms with E-state index in [-0.39, 0.29) is 24.3 Å². The number of para-hydroxylation sites is 1. The second-order valence-electron chi connectivity index (χ2n) is 7.26. The molecule has 5 nitrogen and oxygen atoms in total. The number of hydrogen-bond acceptors (Lipinski definition) is 3. The van der Waals surface area contributed by atoms with E-state index < -0.39 is 11.5 Å². The van der Waals surface area contributed by atoms with E-state index in [1.807, 2.05) is 32.0 Å². The van der Waals surface area contributed by atoms with Crippen LogP contribution in [0.3, 0.4) is 0 Å². The summed E-state index contributed by atoms with van der Waals surface area (Å²) in [6.45, 7) is 5.97. The first-order valence-corrected chi connectivity index (χ1v) is 8.68. The molecule has 0 aromatic heterocycles. The Morgan fingerprint density at radius 3 is 2.54 bits per heavy atom. The molecule has 1 aliphatic rings. The lowest BCUT2D eigenvalue weighted by Crippen LogP contribution is -2.57. The minimum atomic E-state index is -1.39. The van der Waals surface area contributed by atoms with Gasteiger partial charge in [-0.25, -0.2) is 0 Å². The van der Waals surface area contributed by atoms with Crippen LogP contribution in [0.5, 0.6) is 0 Å². The Morgan fingerprint density at radius 2 is 1.92 bits per heavy atom. The van der Waals surface area contributed by atoms with Gasteiger partial charge in [0, 0.05) is 5.69 Å². The molecule has 0 saturated heterocycles. The third-order valence-corrected chi connectivity index (χ3v) is 4.91. The van der Waals surface area contributed by atoms with Gasteiger partial charge in [0.15, 0.2) is 0 Å². The van der Waals surface area contributed by atoms with E-state index in [1.54, 1.807) is 12.1 Å². The number of amides is 2. The second-order valence-corrected chi connectivity index (χ2v) is 7.26. The van der Waals surface area contributed by atoms with E-state index in [0.29, 0.717) is 18.0 Å². The van der Waals surface area contributed by atoms with Gasteiger partial charge in [-0.05, 0) is 42.7 Å². The third kappa shape index (κ3) is 4.35. The van der Waals surface area contributed by atoms with Gasteiger partial charge in [0.05, 0.1) is 6.54 Å². The van der Waals surface area contributed by atoms with E-state index in [1.165, 1.54) is 0 Å². The van der Waals surface area contributed by atoms with Gasteiger partial charge in [-0.2, -0.15) is 0 Å². The average Bonchev–Trinajstić information content (AvgIpc) is 2.53. The van der Waals surface area contributed by atoms with Crippen LogP contribution in [0.1, 0.15) is 40.0 Å². The van der Waals surface area contributed by atoms with Gasteiger partial charge in [0.25, 0.3) is 5.91 Å². The summed E-state index contributed by atoms with van der Waals surface area (Å²) in [6, 6.07) is 9.08. The highest BCUT2D eigenvalue weighted by molar-refractivity contribution is 5.96. The lowest BCUT2D eigenvalue weighted by atomic mass is 9.66. The van der Waals surface area contributed by atoms with Gasteiger partial charge in [-0.15, -0.1) is 0 Å². The summed E-state index contributed by atoms with van der Waals surface area (Å²) >= 11 is 0. The molecular formula is C19H28N2O3. The standard InChI is InChI=1S/C19H28N2O3/c1-13(2)16-10-9-14(3)11-19(16,24)18(23)20-12-17(22)21-15-7-5-4-6-8-15/h4-8,13-14,16,24H,9-12H2,1-3H3,(H,20,23)(H,21,22). The number of nitrogens with one attached hydrogen (secondary N) is 2. The molecule has 1 aromatic rings. The molecule has 0 spiro atoms. The molecular weight excluding hydrogens is 304 g/mol. The molecule has 1 saturated carbocycles. The van der Waals surface area contributed by atoms with Gasteiger partial charge in [-0.3, -0.25) is 9.59 Å². The number of benzene rings is 1. The average molecular weight is 332 g/mol. The summed E-state index contributed by atoms with van der Waals surface area (Å²) < 4.78 is 0. The van der Waals surface area contributed by atoms with Crippen molar-refractivity contribution in [3.63, 3.8) is 0 Å². The molecule has 1 fully saturated rings. The van der Waals surface area contributed by atoms with E-state index >= 15 is 0 Å². The van der Waals surface area contributed by atoms with Crippen LogP contribution >= 0.6 is 0 Å². The highest BCUT2D eigenvalue weighted by Crippen LogP contribution is 2.41. The van der Waals surface area contributed by atoms with Crippen LogP contribution in [0.25, 0.3) is 0 Å². The largest absolute Gasteiger partial charge is 0.380 e. The Labute approximate surface area is 143 Å². The molecule has 5 heteroatoms. The molecule has 2 amide bonds. The van der Waals surface area contributed by atoms with Crippen LogP contribution in [-0.2, 0) is 9.59 Å². The quantitative estimate of drug-likeness (QED) is 0.775. The monoisotopic (exact) mass is 332 g/mol. The maximum absolute atomic E-state index is 12.6. The minimum absolute atomic E-state index is 0.0779. The van der Waals surface area contributed by atoms with Crippen LogP contribution in [-0.4, -0.2) is 29.1 Å². The first-order valence-electron chi connectivity index (χ1n) is 8.68. The summed E-state index contributed by atoms with van der Waals surface area (Å²) in [4.78, 5) is 24.6. The number of hydrogen-bond donors (Lipinski definition) is 3. The summed E-state index contributed by atoms with van der Waals surface area (Å²) in [5, 5.41) is 16.3. The molecule has 3 atom stereocenters. The number of aliphatic hydroxyl groups is 1. The van der Waals surface area contributed by atoms with Crippen molar-refractivity contribution in [3.8, 4) is 0 Å². The van der Waals surface area contributed by atoms with Crippen LogP contribution in [0.15, 0.2) is 30.3 Å². The maximum atomic E-state index is 12.6. The van der Waals surface area contributed by atoms with Crippen molar-refractivity contribution >= 4 is 17.5 Å². The molecule has 0 heterocycles. The number of carbonyl (C=O) groups excluding carboxylic acids is 2. The predicted molar refractivity (Wildman–Crippen MR) is 94.4 cm³/mol. The van der Waals surface area contributed by atoms with Gasteiger partial charge in [0.1, 0.15) is 5.60 Å². The smallest absolute Gasteiger partial charge is 0.252 e. The summed E-state index contributed by atoms with van der Waals surface area (Å²) in [6.07, 6.45) is 2.30. The zero-order valence-electron chi connectivity index (χ0n) is 14.7. The molecule has 132 valence electrons. The van der Waals surface area contributed by atoms with Gasteiger partial charge in [-0.1, -0.05) is 45.4 Å². The summed E-state index contributed by atoms with van der Waals surface area (Å²) in [5.41, 5.74) is -0.708. The molecule has 3 unspecified atom stereocenters. The van der Waals surface area contributed by atoms with Crippen molar-refractivity contribution in [1.29, 1.82) is 0 Å². The normalized spacial score (nSPS) is 26.9. The van der Waals surface area contributed by atoms with Crippen molar-refractivity contribution in [2.24, 2.45) is 17.8 Å². The lowest BCUT2D eigenvalue weighted by Gasteiger charge is -2.43. The minimum Gasteiger partial charge on any atom is -0.380 e. The van der Waals surface area contributed by atoms with Crippen molar-refractivity contribution in [1.82, 2.24) is 5.32 Å². The van der Waals surface area contributed by atoms with E-state index in [4.69, 9.17) is 0 Å². The zero-order valence-corrected chi connectivity index (χ0v) is 14.7. The van der Waals surface area contributed by atoms with E-state index in [2.05, 4.69) is 17.6 Å². The summed E-state index contributed by atoms with van der Waals surface area (Å²) in [7, 11) is 0. The van der Waals surface area contributed by atoms with Crippen molar-refractivity contribution in [2.75, 3.05) is 11.9 Å². The van der Waals surface area contributed by atoms with Crippen molar-refractivity contribution < 1.29 is 14.7 Å². The summed E-state index contributed by atoms with van der Waals surface area (Å²) in [5.74, 6) is -0.301. The van der Waals surface area contributed by atoms with E-state index in [0.717, 1.165) is 12.8 Å². The highest BCUT2D eigenvalue weighted by atomic mass is 16.3. The van der Waals surface area contributed by atoms with Crippen LogP contribution in [0.4, 0.5) is 5.69 Å². The van der Waals surface area contributed by atoms with Gasteiger partial charge < -0.3 is 15.7 Å². The predicted octanol–water partition coefficient (Wildman–Crippen LogP) is 2.56. The molecule has 1 aliphatic carbocycles. The molecule has 2 rings (SSSR count). The Morgan fingerprint density at radius 1 is 1.25 bits per heavy atom. The number of carbonyl (C=O) groups is 2. The third-order valence-electron chi connectivity index (χ3n) is 4.91. The maximum Gasteiger partial charge on any atom is 0.252 e. The first-order chi connectivity index (χ1) is 11.3. The van der Waals surface area contributed by atoms with Gasteiger partial charge in [0.2, 0.25) is 5.91 Å². The second kappa shape index (κ2) is 7.79. The van der Waals surface area contributed by atoms with Gasteiger partial charge >= 0.3 is 0 Å². The van der Waals surface area contributed by atoms with Crippen LogP contribution in [0.2, 0.25) is 0 Å². The van der Waals surface area contributed by atoms with Crippen molar-refractivity contribution in [2.45, 2.75) is 45.6 Å². The molecule has 3 N–H and O–H groups in total. The topological polar surface area (TPSA) is 78.4 Å². The van der Waals surface area contributed by atoms with Crippen molar-refractivity contribution in [3.05, 3.63) is 30.3 Å². The molecule has 0 bridgehead atoms. The Balaban J connectivity index is 1.95. The number of anilines is 1. The fraction of sp³-hybridized carbons (Fsp3) is 0.579. The Kier molecular flexibility index (Phi) is 5.99. The van der Waals surface area contributed by atoms with Crippen LogP contribution < -0.4 is 10.6 Å². The lowest BCUT2D eigenvalue weighted by molar-refractivity contribution is -0.156. The molecule has 24 heavy (non-hydrogen) atoms. The molecule has 0 aliphatic heterocycles. The SMILES string of the molecule is CC1CCC(C(C)C)C(O)(C(=O)NCC(=O)Nc2ccccc2)C1. The fourth-order valence-electron chi connectivity index (χ4n) is 3.67. The number of rotatable bonds is 5. The molecule has 0 radical (unpaired) electrons. The Hall–Kier alpha value is -1.88. The molecule has 1 aromatic carbocycles. The van der Waals surface area contributed by atoms with Crippen LogP contribution in [0, 0.1) is 17.8 Å². The Bertz CT molecular complexity index is 573. The van der Waals surface area contributed by atoms with E-state index in [9.17, 15) is 14.7 Å². The zero-order chi connectivity index (χ0) is 17.7.